The molecule has 0 amide bonds. The summed E-state index contributed by atoms with van der Waals surface area (Å²) in [7, 11) is 0. The molecule has 0 fully saturated rings. The fourth-order valence-corrected chi connectivity index (χ4v) is 2.84. The molecular weight excluding hydrogens is 222 g/mol. The Morgan fingerprint density at radius 3 is 2.67 bits per heavy atom. The quantitative estimate of drug-likeness (QED) is 0.830. The Kier molecular flexibility index (Phi) is 2.67. The molecule has 0 spiro atoms. The number of rotatable bonds is 1. The van der Waals surface area contributed by atoms with E-state index in [4.69, 9.17) is 0 Å². The molecule has 1 atom stereocenters. The van der Waals surface area contributed by atoms with Crippen LogP contribution < -0.4 is 0 Å². The Balaban J connectivity index is 2.16. The molecule has 0 radical (unpaired) electrons. The van der Waals surface area contributed by atoms with E-state index in [9.17, 15) is 5.11 Å². The highest BCUT2D eigenvalue weighted by Gasteiger charge is 2.36. The first-order valence-corrected chi connectivity index (χ1v) is 6.45. The minimum atomic E-state index is -0.866. The Morgan fingerprint density at radius 1 is 1.11 bits per heavy atom. The third-order valence-electron chi connectivity index (χ3n) is 3.76. The van der Waals surface area contributed by atoms with E-state index in [0.29, 0.717) is 0 Å². The van der Waals surface area contributed by atoms with Gasteiger partial charge in [-0.1, -0.05) is 36.4 Å². The topological polar surface area (TPSA) is 33.1 Å². The summed E-state index contributed by atoms with van der Waals surface area (Å²) in [5.74, 6) is 0. The molecule has 2 aromatic rings. The van der Waals surface area contributed by atoms with Gasteiger partial charge in [0.2, 0.25) is 0 Å². The molecule has 0 saturated heterocycles. The lowest BCUT2D eigenvalue weighted by Crippen LogP contribution is -2.32. The van der Waals surface area contributed by atoms with Gasteiger partial charge in [0.1, 0.15) is 5.60 Å². The van der Waals surface area contributed by atoms with Gasteiger partial charge >= 0.3 is 0 Å². The number of aromatic nitrogens is 1. The molecule has 18 heavy (non-hydrogen) atoms. The summed E-state index contributed by atoms with van der Waals surface area (Å²) in [6.07, 6.45) is 2.72. The summed E-state index contributed by atoms with van der Waals surface area (Å²) in [6.45, 7) is 2.00. The van der Waals surface area contributed by atoms with E-state index in [1.54, 1.807) is 0 Å². The Labute approximate surface area is 107 Å². The number of hydrogen-bond acceptors (Lipinski definition) is 2. The molecule has 1 aromatic heterocycles. The highest BCUT2D eigenvalue weighted by Crippen LogP contribution is 2.39. The first-order valence-electron chi connectivity index (χ1n) is 6.45. The lowest BCUT2D eigenvalue weighted by atomic mass is 9.77. The minimum absolute atomic E-state index is 0.773. The van der Waals surface area contributed by atoms with Gasteiger partial charge in [-0.2, -0.15) is 0 Å². The predicted octanol–water partition coefficient (Wildman–Crippen LogP) is 2.96. The van der Waals surface area contributed by atoms with Crippen LogP contribution in [-0.2, 0) is 12.0 Å². The average Bonchev–Trinajstić information content (AvgIpc) is 2.40. The first kappa shape index (κ1) is 11.4. The van der Waals surface area contributed by atoms with Gasteiger partial charge in [-0.05, 0) is 37.8 Å². The maximum absolute atomic E-state index is 11.0. The van der Waals surface area contributed by atoms with E-state index in [-0.39, 0.29) is 0 Å². The van der Waals surface area contributed by atoms with Crippen LogP contribution in [0.2, 0.25) is 0 Å². The van der Waals surface area contributed by atoms with Gasteiger partial charge in [-0.15, -0.1) is 0 Å². The molecule has 2 heteroatoms. The van der Waals surface area contributed by atoms with Crippen molar-refractivity contribution >= 4 is 0 Å². The molecule has 0 saturated carbocycles. The molecular formula is C16H17NO. The van der Waals surface area contributed by atoms with Crippen molar-refractivity contribution in [3.05, 3.63) is 65.0 Å². The number of nitrogens with zero attached hydrogens (tertiary/aromatic N) is 1. The molecule has 1 heterocycles. The van der Waals surface area contributed by atoms with E-state index in [0.717, 1.165) is 41.8 Å². The van der Waals surface area contributed by atoms with Crippen LogP contribution in [0.1, 0.15) is 35.4 Å². The second-order valence-electron chi connectivity index (χ2n) is 5.03. The number of hydrogen-bond donors (Lipinski definition) is 1. The normalized spacial score (nSPS) is 22.6. The van der Waals surface area contributed by atoms with Gasteiger partial charge < -0.3 is 5.11 Å². The Hall–Kier alpha value is -1.67. The first-order chi connectivity index (χ1) is 8.70. The summed E-state index contributed by atoms with van der Waals surface area (Å²) >= 11 is 0. The van der Waals surface area contributed by atoms with Crippen LogP contribution in [0.15, 0.2) is 42.5 Å². The minimum Gasteiger partial charge on any atom is -0.380 e. The number of fused-ring (bicyclic) bond motifs is 1. The van der Waals surface area contributed by atoms with Crippen molar-refractivity contribution in [2.45, 2.75) is 31.8 Å². The average molecular weight is 239 g/mol. The lowest BCUT2D eigenvalue weighted by Gasteiger charge is -2.34. The SMILES string of the molecule is Cc1ccc2c(n1)CCCC2(O)c1ccccc1. The molecule has 0 aliphatic heterocycles. The van der Waals surface area contributed by atoms with Crippen LogP contribution in [0, 0.1) is 6.92 Å². The monoisotopic (exact) mass is 239 g/mol. The molecule has 3 rings (SSSR count). The molecule has 1 aromatic carbocycles. The smallest absolute Gasteiger partial charge is 0.116 e. The molecule has 0 bridgehead atoms. The number of aryl methyl sites for hydroxylation is 2. The number of aliphatic hydroxyl groups is 1. The maximum atomic E-state index is 11.0. The van der Waals surface area contributed by atoms with Crippen molar-refractivity contribution in [2.24, 2.45) is 0 Å². The molecule has 1 N–H and O–H groups in total. The maximum Gasteiger partial charge on any atom is 0.116 e. The second-order valence-corrected chi connectivity index (χ2v) is 5.03. The van der Waals surface area contributed by atoms with Gasteiger partial charge in [0.15, 0.2) is 0 Å². The molecule has 1 unspecified atom stereocenters. The highest BCUT2D eigenvalue weighted by molar-refractivity contribution is 5.40. The van der Waals surface area contributed by atoms with E-state index >= 15 is 0 Å². The van der Waals surface area contributed by atoms with Gasteiger partial charge in [0.25, 0.3) is 0 Å². The number of pyridine rings is 1. The predicted molar refractivity (Wildman–Crippen MR) is 71.4 cm³/mol. The molecule has 2 nitrogen and oxygen atoms in total. The Morgan fingerprint density at radius 2 is 1.89 bits per heavy atom. The van der Waals surface area contributed by atoms with E-state index in [1.165, 1.54) is 0 Å². The van der Waals surface area contributed by atoms with E-state index in [1.807, 2.05) is 49.4 Å². The zero-order chi connectivity index (χ0) is 12.6. The standard InChI is InChI=1S/C16H17NO/c1-12-9-10-14-15(17-12)8-5-11-16(14,18)13-6-3-2-4-7-13/h2-4,6-7,9-10,18H,5,8,11H2,1H3. The summed E-state index contributed by atoms with van der Waals surface area (Å²) in [4.78, 5) is 4.57. The largest absolute Gasteiger partial charge is 0.380 e. The summed E-state index contributed by atoms with van der Waals surface area (Å²) in [6, 6.07) is 13.9. The van der Waals surface area contributed by atoms with Gasteiger partial charge in [0, 0.05) is 17.0 Å². The van der Waals surface area contributed by atoms with E-state index < -0.39 is 5.60 Å². The lowest BCUT2D eigenvalue weighted by molar-refractivity contribution is 0.0607. The van der Waals surface area contributed by atoms with Crippen molar-refractivity contribution < 1.29 is 5.11 Å². The van der Waals surface area contributed by atoms with Gasteiger partial charge in [-0.3, -0.25) is 4.98 Å². The zero-order valence-electron chi connectivity index (χ0n) is 10.6. The van der Waals surface area contributed by atoms with Crippen LogP contribution in [0.3, 0.4) is 0 Å². The van der Waals surface area contributed by atoms with Gasteiger partial charge in [0.05, 0.1) is 0 Å². The molecule has 92 valence electrons. The third kappa shape index (κ3) is 1.73. The fraction of sp³-hybridized carbons (Fsp3) is 0.312. The van der Waals surface area contributed by atoms with Crippen molar-refractivity contribution in [3.63, 3.8) is 0 Å². The van der Waals surface area contributed by atoms with Crippen molar-refractivity contribution in [3.8, 4) is 0 Å². The third-order valence-corrected chi connectivity index (χ3v) is 3.76. The second kappa shape index (κ2) is 4.21. The van der Waals surface area contributed by atoms with Crippen LogP contribution in [0.5, 0.6) is 0 Å². The van der Waals surface area contributed by atoms with Crippen LogP contribution >= 0.6 is 0 Å². The highest BCUT2D eigenvalue weighted by atomic mass is 16.3. The molecule has 1 aliphatic rings. The van der Waals surface area contributed by atoms with Crippen LogP contribution in [0.4, 0.5) is 0 Å². The van der Waals surface area contributed by atoms with Crippen molar-refractivity contribution in [1.29, 1.82) is 0 Å². The molecule has 1 aliphatic carbocycles. The van der Waals surface area contributed by atoms with Crippen LogP contribution in [-0.4, -0.2) is 10.1 Å². The fourth-order valence-electron chi connectivity index (χ4n) is 2.84. The number of benzene rings is 1. The van der Waals surface area contributed by atoms with Crippen LogP contribution in [0.25, 0.3) is 0 Å². The summed E-state index contributed by atoms with van der Waals surface area (Å²) < 4.78 is 0. The summed E-state index contributed by atoms with van der Waals surface area (Å²) in [5, 5.41) is 11.0. The zero-order valence-corrected chi connectivity index (χ0v) is 10.6. The van der Waals surface area contributed by atoms with E-state index in [2.05, 4.69) is 4.98 Å². The van der Waals surface area contributed by atoms with Gasteiger partial charge in [-0.25, -0.2) is 0 Å². The van der Waals surface area contributed by atoms with Crippen molar-refractivity contribution in [1.82, 2.24) is 4.98 Å². The Bertz CT molecular complexity index is 565. The van der Waals surface area contributed by atoms with Crippen molar-refractivity contribution in [2.75, 3.05) is 0 Å². The summed E-state index contributed by atoms with van der Waals surface area (Å²) in [5.41, 5.74) is 3.15.